The fourth-order valence-corrected chi connectivity index (χ4v) is 2.44. The van der Waals surface area contributed by atoms with Crippen LogP contribution in [-0.2, 0) is 0 Å². The van der Waals surface area contributed by atoms with Gasteiger partial charge in [0.15, 0.2) is 0 Å². The summed E-state index contributed by atoms with van der Waals surface area (Å²) in [5, 5.41) is 8.64. The Morgan fingerprint density at radius 1 is 1.40 bits per heavy atom. The van der Waals surface area contributed by atoms with Gasteiger partial charge in [-0.25, -0.2) is 0 Å². The molecule has 0 fully saturated rings. The van der Waals surface area contributed by atoms with Crippen molar-refractivity contribution >= 4 is 27.3 Å². The van der Waals surface area contributed by atoms with Crippen LogP contribution in [0.2, 0.25) is 0 Å². The Kier molecular flexibility index (Phi) is 2.12. The van der Waals surface area contributed by atoms with E-state index < -0.39 is 0 Å². The van der Waals surface area contributed by atoms with Gasteiger partial charge in [-0.1, -0.05) is 0 Å². The Morgan fingerprint density at radius 2 is 2.00 bits per heavy atom. The van der Waals surface area contributed by atoms with Crippen LogP contribution in [0.1, 0.15) is 15.3 Å². The second-order valence-corrected chi connectivity index (χ2v) is 4.24. The molecule has 1 rings (SSSR count). The molecule has 0 aromatic carbocycles. The minimum absolute atomic E-state index is 0.780. The van der Waals surface area contributed by atoms with E-state index in [2.05, 4.69) is 22.0 Å². The summed E-state index contributed by atoms with van der Waals surface area (Å²) in [6.07, 6.45) is 0. The Labute approximate surface area is 72.4 Å². The van der Waals surface area contributed by atoms with Gasteiger partial charge in [0.2, 0.25) is 0 Å². The molecule has 0 unspecified atom stereocenters. The van der Waals surface area contributed by atoms with Gasteiger partial charge in [-0.3, -0.25) is 0 Å². The largest absolute Gasteiger partial charge is 0.192 e. The predicted octanol–water partition coefficient (Wildman–Crippen LogP) is 3.00. The molecule has 1 nitrogen and oxygen atoms in total. The van der Waals surface area contributed by atoms with Crippen molar-refractivity contribution in [1.82, 2.24) is 0 Å². The molecule has 0 N–H and O–H groups in total. The van der Waals surface area contributed by atoms with E-state index >= 15 is 0 Å². The highest BCUT2D eigenvalue weighted by Gasteiger charge is 2.08. The lowest BCUT2D eigenvalue weighted by atomic mass is 10.3. The number of nitrogens with zero attached hydrogens (tertiary/aromatic N) is 1. The molecular weight excluding hydrogens is 210 g/mol. The molecule has 3 heteroatoms. The average Bonchev–Trinajstić information content (AvgIpc) is 2.09. The highest BCUT2D eigenvalue weighted by Crippen LogP contribution is 2.30. The van der Waals surface area contributed by atoms with Crippen LogP contribution in [0.15, 0.2) is 4.47 Å². The fourth-order valence-electron chi connectivity index (χ4n) is 0.784. The maximum Gasteiger partial charge on any atom is 0.101 e. The molecular formula is C7H6BrNS. The van der Waals surface area contributed by atoms with Crippen molar-refractivity contribution in [3.63, 3.8) is 0 Å². The van der Waals surface area contributed by atoms with E-state index in [1.807, 2.05) is 13.8 Å². The van der Waals surface area contributed by atoms with Crippen LogP contribution in [0.3, 0.4) is 0 Å². The van der Waals surface area contributed by atoms with Crippen LogP contribution in [0.4, 0.5) is 0 Å². The first-order chi connectivity index (χ1) is 4.66. The highest BCUT2D eigenvalue weighted by atomic mass is 79.9. The van der Waals surface area contributed by atoms with Crippen LogP contribution in [0, 0.1) is 25.2 Å². The minimum atomic E-state index is 0.780. The molecule has 1 heterocycles. The Balaban J connectivity index is 3.37. The molecule has 1 aromatic heterocycles. The van der Waals surface area contributed by atoms with Crippen molar-refractivity contribution in [1.29, 1.82) is 5.26 Å². The van der Waals surface area contributed by atoms with Gasteiger partial charge in [0, 0.05) is 14.2 Å². The zero-order valence-corrected chi connectivity index (χ0v) is 8.14. The maximum absolute atomic E-state index is 8.64. The molecule has 52 valence electrons. The molecule has 1 aromatic rings. The number of aryl methyl sites for hydroxylation is 2. The normalized spacial score (nSPS) is 9.40. The fraction of sp³-hybridized carbons (Fsp3) is 0.286. The summed E-state index contributed by atoms with van der Waals surface area (Å²) in [5.41, 5.74) is 0.780. The van der Waals surface area contributed by atoms with Crippen LogP contribution in [0.25, 0.3) is 0 Å². The van der Waals surface area contributed by atoms with Crippen molar-refractivity contribution in [3.05, 3.63) is 19.8 Å². The summed E-state index contributed by atoms with van der Waals surface area (Å²) in [7, 11) is 0. The number of rotatable bonds is 0. The first kappa shape index (κ1) is 7.77. The second-order valence-electron chi connectivity index (χ2n) is 2.02. The van der Waals surface area contributed by atoms with Crippen molar-refractivity contribution < 1.29 is 0 Å². The molecule has 10 heavy (non-hydrogen) atoms. The summed E-state index contributed by atoms with van der Waals surface area (Å²) < 4.78 is 0.956. The highest BCUT2D eigenvalue weighted by molar-refractivity contribution is 9.10. The zero-order valence-electron chi connectivity index (χ0n) is 5.73. The van der Waals surface area contributed by atoms with Gasteiger partial charge in [0.1, 0.15) is 6.07 Å². The Hall–Kier alpha value is -0.330. The zero-order chi connectivity index (χ0) is 7.72. The van der Waals surface area contributed by atoms with E-state index in [-0.39, 0.29) is 0 Å². The lowest BCUT2D eigenvalue weighted by molar-refractivity contribution is 1.44. The van der Waals surface area contributed by atoms with Crippen LogP contribution < -0.4 is 0 Å². The molecule has 0 atom stereocenters. The third-order valence-corrected chi connectivity index (χ3v) is 3.57. The lowest BCUT2D eigenvalue weighted by Crippen LogP contribution is -1.71. The van der Waals surface area contributed by atoms with E-state index in [0.717, 1.165) is 14.9 Å². The van der Waals surface area contributed by atoms with Gasteiger partial charge < -0.3 is 0 Å². The monoisotopic (exact) mass is 215 g/mol. The molecule has 0 aliphatic heterocycles. The molecule has 0 saturated heterocycles. The molecule has 0 amide bonds. The summed E-state index contributed by atoms with van der Waals surface area (Å²) >= 11 is 5.00. The SMILES string of the molecule is Cc1sc(C)c(C#N)c1Br. The Morgan fingerprint density at radius 3 is 2.20 bits per heavy atom. The number of hydrogen-bond donors (Lipinski definition) is 0. The van der Waals surface area contributed by atoms with Gasteiger partial charge >= 0.3 is 0 Å². The number of thiophene rings is 1. The average molecular weight is 216 g/mol. The van der Waals surface area contributed by atoms with E-state index in [0.29, 0.717) is 0 Å². The molecule has 0 spiro atoms. The van der Waals surface area contributed by atoms with Crippen molar-refractivity contribution in [2.75, 3.05) is 0 Å². The van der Waals surface area contributed by atoms with Gasteiger partial charge in [-0.05, 0) is 29.8 Å². The maximum atomic E-state index is 8.64. The van der Waals surface area contributed by atoms with Crippen LogP contribution >= 0.6 is 27.3 Å². The van der Waals surface area contributed by atoms with Gasteiger partial charge in [0.25, 0.3) is 0 Å². The summed E-state index contributed by atoms with van der Waals surface area (Å²) in [6.45, 7) is 3.96. The summed E-state index contributed by atoms with van der Waals surface area (Å²) in [5.74, 6) is 0. The number of nitriles is 1. The first-order valence-electron chi connectivity index (χ1n) is 2.82. The van der Waals surface area contributed by atoms with E-state index in [1.165, 1.54) is 4.88 Å². The quantitative estimate of drug-likeness (QED) is 0.653. The van der Waals surface area contributed by atoms with E-state index in [4.69, 9.17) is 5.26 Å². The predicted molar refractivity (Wildman–Crippen MR) is 46.2 cm³/mol. The van der Waals surface area contributed by atoms with E-state index in [1.54, 1.807) is 11.3 Å². The molecule has 0 bridgehead atoms. The van der Waals surface area contributed by atoms with Crippen LogP contribution in [0.5, 0.6) is 0 Å². The number of hydrogen-bond acceptors (Lipinski definition) is 2. The van der Waals surface area contributed by atoms with Gasteiger partial charge in [0.05, 0.1) is 5.56 Å². The lowest BCUT2D eigenvalue weighted by Gasteiger charge is -1.83. The minimum Gasteiger partial charge on any atom is -0.192 e. The Bertz CT molecular complexity index is 295. The molecule has 0 aliphatic carbocycles. The number of halogens is 1. The van der Waals surface area contributed by atoms with Crippen molar-refractivity contribution in [2.24, 2.45) is 0 Å². The molecule has 0 saturated carbocycles. The summed E-state index contributed by atoms with van der Waals surface area (Å²) in [6, 6.07) is 2.15. The van der Waals surface area contributed by atoms with Gasteiger partial charge in [-0.15, -0.1) is 11.3 Å². The third-order valence-electron chi connectivity index (χ3n) is 1.30. The van der Waals surface area contributed by atoms with Crippen LogP contribution in [-0.4, -0.2) is 0 Å². The standard InChI is InChI=1S/C7H6BrNS/c1-4-6(3-9)7(8)5(2)10-4/h1-2H3. The molecule has 0 radical (unpaired) electrons. The summed E-state index contributed by atoms with van der Waals surface area (Å²) in [4.78, 5) is 2.26. The first-order valence-corrected chi connectivity index (χ1v) is 4.43. The van der Waals surface area contributed by atoms with Gasteiger partial charge in [-0.2, -0.15) is 5.26 Å². The topological polar surface area (TPSA) is 23.8 Å². The van der Waals surface area contributed by atoms with Crippen molar-refractivity contribution in [2.45, 2.75) is 13.8 Å². The smallest absolute Gasteiger partial charge is 0.101 e. The molecule has 0 aliphatic rings. The van der Waals surface area contributed by atoms with Crippen molar-refractivity contribution in [3.8, 4) is 6.07 Å². The third kappa shape index (κ3) is 1.09. The second kappa shape index (κ2) is 2.73. The van der Waals surface area contributed by atoms with E-state index in [9.17, 15) is 0 Å².